The Bertz CT molecular complexity index is 1080. The third-order valence-electron chi connectivity index (χ3n) is 6.15. The van der Waals surface area contributed by atoms with E-state index in [9.17, 15) is 27.0 Å². The summed E-state index contributed by atoms with van der Waals surface area (Å²) in [6.45, 7) is 5.02. The molecular formula is C21H26O8S2. The van der Waals surface area contributed by atoms with Gasteiger partial charge in [0.2, 0.25) is 0 Å². The monoisotopic (exact) mass is 470 g/mol. The zero-order valence-electron chi connectivity index (χ0n) is 17.7. The first-order valence-corrected chi connectivity index (χ1v) is 12.3. The number of rotatable bonds is 8. The topological polar surface area (TPSA) is 127 Å². The molecule has 0 aliphatic heterocycles. The minimum absolute atomic E-state index is 0.0955. The third-order valence-corrected chi connectivity index (χ3v) is 8.71. The summed E-state index contributed by atoms with van der Waals surface area (Å²) >= 11 is 0. The van der Waals surface area contributed by atoms with Crippen LogP contribution in [-0.4, -0.2) is 51.5 Å². The van der Waals surface area contributed by atoms with E-state index in [0.717, 1.165) is 11.1 Å². The van der Waals surface area contributed by atoms with Gasteiger partial charge in [-0.05, 0) is 38.1 Å². The van der Waals surface area contributed by atoms with E-state index in [-0.39, 0.29) is 9.79 Å². The first-order valence-electron chi connectivity index (χ1n) is 9.53. The van der Waals surface area contributed by atoms with Gasteiger partial charge >= 0.3 is 0 Å². The second kappa shape index (κ2) is 7.65. The Kier molecular flexibility index (Phi) is 5.88. The maximum absolute atomic E-state index is 12.4. The standard InChI is InChI=1S/C21H26O8S2/c1-15-5-9-17(10-6-15)30(24,25)28-13-20(22)19(3,4)21(20,23)14-29-31(26,27)18-11-7-16(2)8-12-18/h5-12,22-23H,13-14H2,1-4H3/t20-,21-/m0/s1. The molecule has 1 fully saturated rings. The molecule has 31 heavy (non-hydrogen) atoms. The van der Waals surface area contributed by atoms with Crippen LogP contribution in [0.5, 0.6) is 0 Å². The normalized spacial score (nSPS) is 25.4. The summed E-state index contributed by atoms with van der Waals surface area (Å²) in [6.07, 6.45) is 0. The van der Waals surface area contributed by atoms with Crippen molar-refractivity contribution in [2.45, 2.75) is 48.7 Å². The van der Waals surface area contributed by atoms with Crippen molar-refractivity contribution in [2.75, 3.05) is 13.2 Å². The second-order valence-corrected chi connectivity index (χ2v) is 11.6. The summed E-state index contributed by atoms with van der Waals surface area (Å²) in [6, 6.07) is 11.9. The Morgan fingerprint density at radius 1 is 0.677 bits per heavy atom. The van der Waals surface area contributed by atoms with Gasteiger partial charge in [0.25, 0.3) is 20.2 Å². The molecule has 8 nitrogen and oxygen atoms in total. The number of hydrogen-bond acceptors (Lipinski definition) is 8. The molecule has 1 saturated carbocycles. The lowest BCUT2D eigenvalue weighted by molar-refractivity contribution is -0.0267. The largest absolute Gasteiger partial charge is 0.384 e. The fourth-order valence-corrected chi connectivity index (χ4v) is 5.35. The van der Waals surface area contributed by atoms with Gasteiger partial charge in [-0.1, -0.05) is 49.2 Å². The third kappa shape index (κ3) is 4.04. The van der Waals surface area contributed by atoms with Gasteiger partial charge in [-0.15, -0.1) is 0 Å². The van der Waals surface area contributed by atoms with Crippen LogP contribution >= 0.6 is 0 Å². The minimum atomic E-state index is -4.19. The smallest absolute Gasteiger partial charge is 0.297 e. The van der Waals surface area contributed by atoms with Gasteiger partial charge in [-0.2, -0.15) is 16.8 Å². The molecule has 2 aromatic carbocycles. The lowest BCUT2D eigenvalue weighted by Gasteiger charge is -2.16. The minimum Gasteiger partial charge on any atom is -0.384 e. The quantitative estimate of drug-likeness (QED) is 0.560. The van der Waals surface area contributed by atoms with Crippen LogP contribution in [0, 0.1) is 19.3 Å². The Hall–Kier alpha value is -1.82. The van der Waals surface area contributed by atoms with Crippen molar-refractivity contribution in [3.8, 4) is 0 Å². The van der Waals surface area contributed by atoms with Crippen molar-refractivity contribution >= 4 is 20.2 Å². The van der Waals surface area contributed by atoms with Gasteiger partial charge in [-0.3, -0.25) is 8.37 Å². The van der Waals surface area contributed by atoms with Crippen LogP contribution < -0.4 is 0 Å². The fraction of sp³-hybridized carbons (Fsp3) is 0.429. The average molecular weight is 471 g/mol. The molecular weight excluding hydrogens is 444 g/mol. The molecule has 1 aliphatic rings. The Labute approximate surface area is 182 Å². The van der Waals surface area contributed by atoms with Crippen molar-refractivity contribution < 1.29 is 35.4 Å². The highest BCUT2D eigenvalue weighted by Gasteiger charge is 2.83. The van der Waals surface area contributed by atoms with E-state index >= 15 is 0 Å². The molecule has 0 aromatic heterocycles. The summed E-state index contributed by atoms with van der Waals surface area (Å²) in [4.78, 5) is -0.191. The highest BCUT2D eigenvalue weighted by Crippen LogP contribution is 2.65. The van der Waals surface area contributed by atoms with Crippen molar-refractivity contribution in [3.63, 3.8) is 0 Å². The molecule has 2 atom stereocenters. The molecule has 0 heterocycles. The van der Waals surface area contributed by atoms with Crippen LogP contribution in [0.4, 0.5) is 0 Å². The summed E-state index contributed by atoms with van der Waals surface area (Å²) in [5, 5.41) is 21.8. The maximum Gasteiger partial charge on any atom is 0.297 e. The van der Waals surface area contributed by atoms with E-state index in [1.807, 2.05) is 0 Å². The lowest BCUT2D eigenvalue weighted by Crippen LogP contribution is -2.35. The Morgan fingerprint density at radius 3 is 1.26 bits per heavy atom. The molecule has 2 aromatic rings. The second-order valence-electron chi connectivity index (χ2n) is 8.40. The summed E-state index contributed by atoms with van der Waals surface area (Å²) in [5.74, 6) is 0. The Morgan fingerprint density at radius 2 is 0.968 bits per heavy atom. The van der Waals surface area contributed by atoms with Crippen molar-refractivity contribution in [3.05, 3.63) is 59.7 Å². The first kappa shape index (κ1) is 23.8. The summed E-state index contributed by atoms with van der Waals surface area (Å²) < 4.78 is 59.7. The molecule has 170 valence electrons. The van der Waals surface area contributed by atoms with Crippen molar-refractivity contribution in [2.24, 2.45) is 5.41 Å². The number of aryl methyl sites for hydroxylation is 2. The van der Waals surface area contributed by atoms with E-state index in [0.29, 0.717) is 0 Å². The molecule has 3 rings (SSSR count). The van der Waals surface area contributed by atoms with Crippen LogP contribution in [0.1, 0.15) is 25.0 Å². The fourth-order valence-electron chi connectivity index (χ4n) is 3.48. The van der Waals surface area contributed by atoms with Crippen LogP contribution in [0.15, 0.2) is 58.3 Å². The van der Waals surface area contributed by atoms with Gasteiger partial charge in [0.1, 0.15) is 11.2 Å². The average Bonchev–Trinajstić information content (AvgIpc) is 3.04. The molecule has 0 bridgehead atoms. The number of aliphatic hydroxyl groups is 2. The summed E-state index contributed by atoms with van der Waals surface area (Å²) in [7, 11) is -8.38. The molecule has 0 radical (unpaired) electrons. The Balaban J connectivity index is 1.73. The van der Waals surface area contributed by atoms with Crippen LogP contribution in [0.3, 0.4) is 0 Å². The molecule has 1 aliphatic carbocycles. The van der Waals surface area contributed by atoms with Gasteiger partial charge in [0.15, 0.2) is 0 Å². The highest BCUT2D eigenvalue weighted by molar-refractivity contribution is 7.87. The molecule has 0 unspecified atom stereocenters. The van der Waals surface area contributed by atoms with Crippen LogP contribution in [0.25, 0.3) is 0 Å². The van der Waals surface area contributed by atoms with Gasteiger partial charge in [0.05, 0.1) is 23.0 Å². The predicted molar refractivity (Wildman–Crippen MR) is 112 cm³/mol. The predicted octanol–water partition coefficient (Wildman–Crippen LogP) is 1.92. The van der Waals surface area contributed by atoms with Crippen molar-refractivity contribution in [1.29, 1.82) is 0 Å². The van der Waals surface area contributed by atoms with Gasteiger partial charge in [0, 0.05) is 5.41 Å². The van der Waals surface area contributed by atoms with E-state index < -0.39 is 50.1 Å². The van der Waals surface area contributed by atoms with Crippen LogP contribution in [-0.2, 0) is 28.6 Å². The SMILES string of the molecule is Cc1ccc(S(=O)(=O)OC[C@]2(O)C(C)(C)[C@@]2(O)COS(=O)(=O)c2ccc(C)cc2)cc1. The van der Waals surface area contributed by atoms with E-state index in [1.54, 1.807) is 38.1 Å². The van der Waals surface area contributed by atoms with E-state index in [4.69, 9.17) is 8.37 Å². The zero-order valence-corrected chi connectivity index (χ0v) is 19.3. The van der Waals surface area contributed by atoms with E-state index in [2.05, 4.69) is 0 Å². The maximum atomic E-state index is 12.4. The van der Waals surface area contributed by atoms with Crippen LogP contribution in [0.2, 0.25) is 0 Å². The van der Waals surface area contributed by atoms with Gasteiger partial charge < -0.3 is 10.2 Å². The molecule has 0 saturated heterocycles. The molecule has 0 spiro atoms. The number of hydrogen-bond donors (Lipinski definition) is 2. The number of benzene rings is 2. The van der Waals surface area contributed by atoms with Gasteiger partial charge in [-0.25, -0.2) is 0 Å². The van der Waals surface area contributed by atoms with Crippen molar-refractivity contribution in [1.82, 2.24) is 0 Å². The molecule has 10 heteroatoms. The molecule has 0 amide bonds. The highest BCUT2D eigenvalue weighted by atomic mass is 32.2. The lowest BCUT2D eigenvalue weighted by atomic mass is 10.1. The molecule has 2 N–H and O–H groups in total. The zero-order chi connectivity index (χ0) is 23.3. The first-order chi connectivity index (χ1) is 14.2. The van der Waals surface area contributed by atoms with E-state index in [1.165, 1.54) is 38.1 Å². The summed E-state index contributed by atoms with van der Waals surface area (Å²) in [5.41, 5.74) is -3.64.